The third-order valence-electron chi connectivity index (χ3n) is 4.81. The number of hydrogen-bond donors (Lipinski definition) is 0. The second-order valence-electron chi connectivity index (χ2n) is 6.92. The molecule has 1 aromatic carbocycles. The molecule has 0 aromatic heterocycles. The van der Waals surface area contributed by atoms with Gasteiger partial charge in [0, 0.05) is 35.9 Å². The first-order valence-corrected chi connectivity index (χ1v) is 10.2. The first-order chi connectivity index (χ1) is 13.7. The lowest BCUT2D eigenvalue weighted by Crippen LogP contribution is -2.33. The van der Waals surface area contributed by atoms with E-state index in [2.05, 4.69) is 123 Å². The molecule has 0 atom stereocenters. The van der Waals surface area contributed by atoms with Gasteiger partial charge in [-0.2, -0.15) is 0 Å². The maximum Gasteiger partial charge on any atom is 0.0408 e. The molecule has 0 bridgehead atoms. The number of benzene rings is 1. The first kappa shape index (κ1) is 21.6. The standard InChI is InChI=1S/C26H34N2/c1-5-7-15-23(3)27(25-17-11-9-12-18-25)21-22-28(24(4)16-8-6-2)26-19-13-10-14-20-26/h5-9,11-13,15-20H,10,14,21-22H2,1-4H3/b7-5-,8-6-,23-15+,24-16+. The molecule has 1 aromatic rings. The van der Waals surface area contributed by atoms with E-state index in [0.717, 1.165) is 25.9 Å². The zero-order valence-corrected chi connectivity index (χ0v) is 17.8. The van der Waals surface area contributed by atoms with Crippen LogP contribution in [0.1, 0.15) is 40.5 Å². The van der Waals surface area contributed by atoms with Crippen LogP contribution in [-0.2, 0) is 0 Å². The molecule has 1 aliphatic rings. The third kappa shape index (κ3) is 6.45. The van der Waals surface area contributed by atoms with Gasteiger partial charge < -0.3 is 9.80 Å². The van der Waals surface area contributed by atoms with Crippen LogP contribution < -0.4 is 4.90 Å². The van der Waals surface area contributed by atoms with E-state index in [-0.39, 0.29) is 0 Å². The monoisotopic (exact) mass is 374 g/mol. The number of allylic oxidation sites excluding steroid dienone is 11. The molecule has 0 unspecified atom stereocenters. The molecule has 0 radical (unpaired) electrons. The van der Waals surface area contributed by atoms with Crippen LogP contribution in [-0.4, -0.2) is 18.0 Å². The third-order valence-corrected chi connectivity index (χ3v) is 4.81. The minimum absolute atomic E-state index is 0.913. The summed E-state index contributed by atoms with van der Waals surface area (Å²) < 4.78 is 0. The Balaban J connectivity index is 2.27. The van der Waals surface area contributed by atoms with E-state index in [9.17, 15) is 0 Å². The molecule has 0 saturated carbocycles. The Labute approximate surface area is 171 Å². The van der Waals surface area contributed by atoms with E-state index in [1.807, 2.05) is 0 Å². The van der Waals surface area contributed by atoms with Crippen LogP contribution in [0.25, 0.3) is 0 Å². The number of para-hydroxylation sites is 1. The molecule has 1 aliphatic carbocycles. The fraction of sp³-hybridized carbons (Fsp3) is 0.308. The number of hydrogen-bond acceptors (Lipinski definition) is 2. The molecule has 148 valence electrons. The van der Waals surface area contributed by atoms with E-state index in [1.165, 1.54) is 22.8 Å². The van der Waals surface area contributed by atoms with Gasteiger partial charge in [-0.1, -0.05) is 54.7 Å². The summed E-state index contributed by atoms with van der Waals surface area (Å²) in [6.45, 7) is 10.3. The van der Waals surface area contributed by atoms with Gasteiger partial charge >= 0.3 is 0 Å². The Morgan fingerprint density at radius 1 is 0.857 bits per heavy atom. The largest absolute Gasteiger partial charge is 0.344 e. The predicted molar refractivity (Wildman–Crippen MR) is 124 cm³/mol. The predicted octanol–water partition coefficient (Wildman–Crippen LogP) is 6.99. The summed E-state index contributed by atoms with van der Waals surface area (Å²) in [5, 5.41) is 0. The molecule has 0 saturated heterocycles. The SMILES string of the molecule is C/C=C\C=C(/C)N(CCN(/C(C)=C/C=C\C)c1ccccc1)C1=CCCC=C1. The molecule has 0 amide bonds. The van der Waals surface area contributed by atoms with Crippen LogP contribution in [0.4, 0.5) is 5.69 Å². The molecular weight excluding hydrogens is 340 g/mol. The van der Waals surface area contributed by atoms with Crippen molar-refractivity contribution >= 4 is 5.69 Å². The first-order valence-electron chi connectivity index (χ1n) is 10.2. The Morgan fingerprint density at radius 2 is 1.46 bits per heavy atom. The van der Waals surface area contributed by atoms with Crippen LogP contribution in [0, 0.1) is 0 Å². The van der Waals surface area contributed by atoms with E-state index >= 15 is 0 Å². The van der Waals surface area contributed by atoms with E-state index in [0.29, 0.717) is 0 Å². The van der Waals surface area contributed by atoms with E-state index in [1.54, 1.807) is 0 Å². The van der Waals surface area contributed by atoms with Crippen molar-refractivity contribution in [1.82, 2.24) is 4.90 Å². The van der Waals surface area contributed by atoms with Gasteiger partial charge in [0.1, 0.15) is 0 Å². The van der Waals surface area contributed by atoms with Crippen LogP contribution in [0.3, 0.4) is 0 Å². The summed E-state index contributed by atoms with van der Waals surface area (Å²) in [4.78, 5) is 4.82. The maximum atomic E-state index is 2.43. The fourth-order valence-electron chi connectivity index (χ4n) is 3.28. The normalized spacial score (nSPS) is 15.4. The number of anilines is 1. The lowest BCUT2D eigenvalue weighted by atomic mass is 10.1. The molecular formula is C26H34N2. The van der Waals surface area contributed by atoms with Crippen molar-refractivity contribution in [2.24, 2.45) is 0 Å². The molecule has 2 rings (SSSR count). The smallest absolute Gasteiger partial charge is 0.0408 e. The van der Waals surface area contributed by atoms with Gasteiger partial charge in [-0.05, 0) is 70.9 Å². The fourth-order valence-corrected chi connectivity index (χ4v) is 3.28. The average molecular weight is 375 g/mol. The molecule has 0 spiro atoms. The Bertz CT molecular complexity index is 776. The van der Waals surface area contributed by atoms with Crippen molar-refractivity contribution in [3.05, 3.63) is 102 Å². The van der Waals surface area contributed by atoms with E-state index in [4.69, 9.17) is 0 Å². The minimum atomic E-state index is 0.913. The summed E-state index contributed by atoms with van der Waals surface area (Å²) in [6.07, 6.45) is 21.9. The van der Waals surface area contributed by atoms with Crippen molar-refractivity contribution in [1.29, 1.82) is 0 Å². The summed E-state index contributed by atoms with van der Waals surface area (Å²) in [5.41, 5.74) is 5.03. The van der Waals surface area contributed by atoms with Crippen molar-refractivity contribution in [3.8, 4) is 0 Å². The van der Waals surface area contributed by atoms with Gasteiger partial charge in [-0.15, -0.1) is 0 Å². The highest BCUT2D eigenvalue weighted by atomic mass is 15.2. The van der Waals surface area contributed by atoms with Crippen LogP contribution >= 0.6 is 0 Å². The van der Waals surface area contributed by atoms with Crippen molar-refractivity contribution in [2.45, 2.75) is 40.5 Å². The second kappa shape index (κ2) is 11.9. The van der Waals surface area contributed by atoms with Crippen LogP contribution in [0.2, 0.25) is 0 Å². The highest BCUT2D eigenvalue weighted by Crippen LogP contribution is 2.22. The van der Waals surface area contributed by atoms with Gasteiger partial charge in [0.05, 0.1) is 0 Å². The average Bonchev–Trinajstić information content (AvgIpc) is 2.74. The van der Waals surface area contributed by atoms with Crippen molar-refractivity contribution in [3.63, 3.8) is 0 Å². The van der Waals surface area contributed by atoms with Gasteiger partial charge in [0.2, 0.25) is 0 Å². The highest BCUT2D eigenvalue weighted by Gasteiger charge is 2.14. The summed E-state index contributed by atoms with van der Waals surface area (Å²) in [6, 6.07) is 10.6. The summed E-state index contributed by atoms with van der Waals surface area (Å²) >= 11 is 0. The second-order valence-corrected chi connectivity index (χ2v) is 6.92. The van der Waals surface area contributed by atoms with Gasteiger partial charge in [0.15, 0.2) is 0 Å². The molecule has 0 N–H and O–H groups in total. The molecule has 2 heteroatoms. The Morgan fingerprint density at radius 3 is 2.04 bits per heavy atom. The maximum absolute atomic E-state index is 2.43. The van der Waals surface area contributed by atoms with Gasteiger partial charge in [-0.3, -0.25) is 0 Å². The Kier molecular flexibility index (Phi) is 9.14. The van der Waals surface area contributed by atoms with Crippen LogP contribution in [0.5, 0.6) is 0 Å². The summed E-state index contributed by atoms with van der Waals surface area (Å²) in [7, 11) is 0. The molecule has 0 aliphatic heterocycles. The number of rotatable bonds is 9. The lowest BCUT2D eigenvalue weighted by molar-refractivity contribution is 0.443. The van der Waals surface area contributed by atoms with E-state index < -0.39 is 0 Å². The topological polar surface area (TPSA) is 6.48 Å². The Hall–Kier alpha value is -2.74. The minimum Gasteiger partial charge on any atom is -0.344 e. The zero-order chi connectivity index (χ0) is 20.2. The quantitative estimate of drug-likeness (QED) is 0.430. The van der Waals surface area contributed by atoms with Gasteiger partial charge in [-0.25, -0.2) is 0 Å². The molecule has 2 nitrogen and oxygen atoms in total. The van der Waals surface area contributed by atoms with Crippen LogP contribution in [0.15, 0.2) is 102 Å². The molecule has 28 heavy (non-hydrogen) atoms. The van der Waals surface area contributed by atoms with Crippen molar-refractivity contribution in [2.75, 3.05) is 18.0 Å². The number of nitrogens with zero attached hydrogens (tertiary/aromatic N) is 2. The zero-order valence-electron chi connectivity index (χ0n) is 17.8. The van der Waals surface area contributed by atoms with Crippen molar-refractivity contribution < 1.29 is 0 Å². The molecule has 0 heterocycles. The van der Waals surface area contributed by atoms with Gasteiger partial charge in [0.25, 0.3) is 0 Å². The lowest BCUT2D eigenvalue weighted by Gasteiger charge is -2.32. The highest BCUT2D eigenvalue weighted by molar-refractivity contribution is 5.52. The summed E-state index contributed by atoms with van der Waals surface area (Å²) in [5.74, 6) is 0. The molecule has 0 fully saturated rings.